The molecule has 1 heterocycles. The van der Waals surface area contributed by atoms with Crippen LogP contribution in [0.5, 0.6) is 17.2 Å². The summed E-state index contributed by atoms with van der Waals surface area (Å²) in [5.74, 6) is 0.0787. The third-order valence-corrected chi connectivity index (χ3v) is 4.59. The second kappa shape index (κ2) is 6.57. The fourth-order valence-electron chi connectivity index (χ4n) is 3.21. The number of hydrogen-bond acceptors (Lipinski definition) is 5. The zero-order valence-corrected chi connectivity index (χ0v) is 14.6. The summed E-state index contributed by atoms with van der Waals surface area (Å²) in [6.45, 7) is 0. The third kappa shape index (κ3) is 2.91. The lowest BCUT2D eigenvalue weighted by atomic mass is 10.0. The smallest absolute Gasteiger partial charge is 0.262 e. The Morgan fingerprint density at radius 2 is 1.70 bits per heavy atom. The van der Waals surface area contributed by atoms with Gasteiger partial charge in [-0.25, -0.2) is 0 Å². The number of phenolic OH excluding ortho intramolecular Hbond substituents is 2. The molecule has 1 unspecified atom stereocenters. The highest BCUT2D eigenvalue weighted by Crippen LogP contribution is 2.39. The van der Waals surface area contributed by atoms with Crippen LogP contribution in [-0.4, -0.2) is 23.2 Å². The second-order valence-electron chi connectivity index (χ2n) is 6.21. The lowest BCUT2D eigenvalue weighted by Gasteiger charge is -2.38. The number of carbonyl (C=O) groups excluding carboxylic acids is 1. The monoisotopic (exact) mass is 362 g/mol. The Kier molecular flexibility index (Phi) is 4.08. The highest BCUT2D eigenvalue weighted by molar-refractivity contribution is 6.12. The van der Waals surface area contributed by atoms with Crippen molar-refractivity contribution in [1.82, 2.24) is 0 Å². The molecule has 0 aromatic heterocycles. The molecule has 0 spiro atoms. The van der Waals surface area contributed by atoms with Crippen molar-refractivity contribution in [3.8, 4) is 17.2 Å². The van der Waals surface area contributed by atoms with Gasteiger partial charge in [-0.15, -0.1) is 0 Å². The van der Waals surface area contributed by atoms with Gasteiger partial charge in [0.15, 0.2) is 11.5 Å². The van der Waals surface area contributed by atoms with E-state index in [9.17, 15) is 15.0 Å². The van der Waals surface area contributed by atoms with Crippen LogP contribution in [0.15, 0.2) is 66.7 Å². The first-order valence-electron chi connectivity index (χ1n) is 8.43. The van der Waals surface area contributed by atoms with Gasteiger partial charge in [0.25, 0.3) is 5.91 Å². The van der Waals surface area contributed by atoms with Crippen LogP contribution < -0.4 is 15.0 Å². The van der Waals surface area contributed by atoms with Crippen molar-refractivity contribution in [3.63, 3.8) is 0 Å². The maximum absolute atomic E-state index is 13.3. The molecule has 0 saturated carbocycles. The summed E-state index contributed by atoms with van der Waals surface area (Å²) in [4.78, 5) is 14.9. The summed E-state index contributed by atoms with van der Waals surface area (Å²) < 4.78 is 5.20. The molecule has 1 aliphatic rings. The average molecular weight is 362 g/mol. The molecule has 3 aromatic rings. The number of nitrogens with one attached hydrogen (secondary N) is 1. The molecule has 0 radical (unpaired) electrons. The van der Waals surface area contributed by atoms with Crippen LogP contribution in [0.3, 0.4) is 0 Å². The Balaban J connectivity index is 1.84. The number of amides is 1. The summed E-state index contributed by atoms with van der Waals surface area (Å²) >= 11 is 0. The minimum Gasteiger partial charge on any atom is -0.504 e. The van der Waals surface area contributed by atoms with Crippen LogP contribution >= 0.6 is 0 Å². The number of fused-ring (bicyclic) bond motifs is 1. The van der Waals surface area contributed by atoms with Crippen molar-refractivity contribution in [1.29, 1.82) is 0 Å². The van der Waals surface area contributed by atoms with Gasteiger partial charge in [-0.3, -0.25) is 9.69 Å². The van der Waals surface area contributed by atoms with E-state index < -0.39 is 6.17 Å². The van der Waals surface area contributed by atoms with E-state index in [2.05, 4.69) is 5.32 Å². The van der Waals surface area contributed by atoms with E-state index in [0.717, 1.165) is 0 Å². The molecule has 1 amide bonds. The number of ether oxygens (including phenoxy) is 1. The number of hydrogen-bond donors (Lipinski definition) is 3. The fourth-order valence-corrected chi connectivity index (χ4v) is 3.21. The molecule has 4 rings (SSSR count). The molecule has 6 nitrogen and oxygen atoms in total. The van der Waals surface area contributed by atoms with E-state index in [1.165, 1.54) is 12.1 Å². The maximum Gasteiger partial charge on any atom is 0.262 e. The number of methoxy groups -OCH3 is 1. The molecule has 136 valence electrons. The van der Waals surface area contributed by atoms with Crippen molar-refractivity contribution in [2.75, 3.05) is 17.3 Å². The number of carbonyl (C=O) groups is 1. The number of benzene rings is 3. The fraction of sp³-hybridized carbons (Fsp3) is 0.0952. The number of aromatic hydroxyl groups is 2. The Labute approximate surface area is 156 Å². The highest BCUT2D eigenvalue weighted by Gasteiger charge is 2.34. The Bertz CT molecular complexity index is 1000. The number of para-hydroxylation sites is 1. The van der Waals surface area contributed by atoms with Gasteiger partial charge < -0.3 is 20.3 Å². The molecule has 6 heteroatoms. The topological polar surface area (TPSA) is 82.0 Å². The highest BCUT2D eigenvalue weighted by atomic mass is 16.5. The van der Waals surface area contributed by atoms with Crippen LogP contribution in [-0.2, 0) is 0 Å². The van der Waals surface area contributed by atoms with Crippen molar-refractivity contribution in [3.05, 3.63) is 77.9 Å². The molecule has 1 aliphatic heterocycles. The molecule has 27 heavy (non-hydrogen) atoms. The molecule has 0 fully saturated rings. The van der Waals surface area contributed by atoms with Crippen LogP contribution in [0.25, 0.3) is 0 Å². The average Bonchev–Trinajstić information content (AvgIpc) is 2.70. The van der Waals surface area contributed by atoms with Gasteiger partial charge in [0.1, 0.15) is 11.9 Å². The molecule has 0 saturated heterocycles. The van der Waals surface area contributed by atoms with E-state index in [0.29, 0.717) is 28.3 Å². The molecule has 3 N–H and O–H groups in total. The molecule has 3 aromatic carbocycles. The number of anilines is 2. The summed E-state index contributed by atoms with van der Waals surface area (Å²) in [6, 6.07) is 19.0. The van der Waals surface area contributed by atoms with E-state index in [1.54, 1.807) is 48.4 Å². The quantitative estimate of drug-likeness (QED) is 0.616. The first kappa shape index (κ1) is 16.8. The zero-order valence-electron chi connectivity index (χ0n) is 14.6. The Morgan fingerprint density at radius 1 is 0.963 bits per heavy atom. The van der Waals surface area contributed by atoms with Gasteiger partial charge in [-0.2, -0.15) is 0 Å². The number of nitrogens with zero attached hydrogens (tertiary/aromatic N) is 1. The van der Waals surface area contributed by atoms with E-state index in [-0.39, 0.29) is 17.4 Å². The lowest BCUT2D eigenvalue weighted by Crippen LogP contribution is -2.43. The summed E-state index contributed by atoms with van der Waals surface area (Å²) in [6.07, 6.45) is -0.549. The molecular weight excluding hydrogens is 344 g/mol. The lowest BCUT2D eigenvalue weighted by molar-refractivity contribution is 0.0975. The normalized spacial score (nSPS) is 15.8. The van der Waals surface area contributed by atoms with Crippen molar-refractivity contribution < 1.29 is 19.7 Å². The predicted molar refractivity (Wildman–Crippen MR) is 102 cm³/mol. The predicted octanol–water partition coefficient (Wildman–Crippen LogP) is 3.88. The van der Waals surface area contributed by atoms with Gasteiger partial charge >= 0.3 is 0 Å². The van der Waals surface area contributed by atoms with E-state index in [4.69, 9.17) is 4.74 Å². The Morgan fingerprint density at radius 3 is 2.41 bits per heavy atom. The minimum absolute atomic E-state index is 0.160. The maximum atomic E-state index is 13.3. The second-order valence-corrected chi connectivity index (χ2v) is 6.21. The van der Waals surface area contributed by atoms with Gasteiger partial charge in [0.05, 0.1) is 12.7 Å². The molecule has 1 atom stereocenters. The van der Waals surface area contributed by atoms with Gasteiger partial charge in [-0.1, -0.05) is 18.2 Å². The SMILES string of the molecule is COc1ccc(N2C(=O)c3ccccc3NC2c2ccc(O)c(O)c2)cc1. The van der Waals surface area contributed by atoms with Crippen molar-refractivity contribution in [2.45, 2.75) is 6.17 Å². The van der Waals surface area contributed by atoms with Gasteiger partial charge in [0.2, 0.25) is 0 Å². The summed E-state index contributed by atoms with van der Waals surface area (Å²) in [5.41, 5.74) is 2.60. The largest absolute Gasteiger partial charge is 0.504 e. The van der Waals surface area contributed by atoms with Crippen molar-refractivity contribution >= 4 is 17.3 Å². The zero-order chi connectivity index (χ0) is 19.0. The van der Waals surface area contributed by atoms with Crippen LogP contribution in [0.1, 0.15) is 22.1 Å². The molecule has 0 bridgehead atoms. The van der Waals surface area contributed by atoms with Crippen LogP contribution in [0.2, 0.25) is 0 Å². The third-order valence-electron chi connectivity index (χ3n) is 4.59. The standard InChI is InChI=1S/C21H18N2O4/c1-27-15-9-7-14(8-10-15)23-20(13-6-11-18(24)19(25)12-13)22-17-5-3-2-4-16(17)21(23)26/h2-12,20,22,24-25H,1H3. The van der Waals surface area contributed by atoms with Gasteiger partial charge in [-0.05, 0) is 54.1 Å². The van der Waals surface area contributed by atoms with Crippen molar-refractivity contribution in [2.24, 2.45) is 0 Å². The van der Waals surface area contributed by atoms with Gasteiger partial charge in [0, 0.05) is 11.4 Å². The summed E-state index contributed by atoms with van der Waals surface area (Å²) in [7, 11) is 1.58. The van der Waals surface area contributed by atoms with Crippen LogP contribution in [0.4, 0.5) is 11.4 Å². The molecular formula is C21H18N2O4. The first-order chi connectivity index (χ1) is 13.1. The summed E-state index contributed by atoms with van der Waals surface area (Å²) in [5, 5.41) is 22.9. The number of rotatable bonds is 3. The Hall–Kier alpha value is -3.67. The van der Waals surface area contributed by atoms with E-state index >= 15 is 0 Å². The van der Waals surface area contributed by atoms with Crippen LogP contribution in [0, 0.1) is 0 Å². The first-order valence-corrected chi connectivity index (χ1v) is 8.43. The minimum atomic E-state index is -0.549. The number of phenols is 2. The van der Waals surface area contributed by atoms with E-state index in [1.807, 2.05) is 18.2 Å². The molecule has 0 aliphatic carbocycles.